The van der Waals surface area contributed by atoms with Crippen LogP contribution < -0.4 is 10.6 Å². The molecule has 0 unspecified atom stereocenters. The molecule has 110 valence electrons. The fraction of sp³-hybridized carbons (Fsp3) is 0.0714. The van der Waals surface area contributed by atoms with Crippen LogP contribution in [0, 0.1) is 12.3 Å². The highest BCUT2D eigenvalue weighted by atomic mass is 16.2. The first-order valence-electron chi connectivity index (χ1n) is 6.48. The molecule has 0 fully saturated rings. The number of nitrogens with two attached hydrogens (primary N) is 1. The van der Waals surface area contributed by atoms with Crippen LogP contribution >= 0.6 is 0 Å². The van der Waals surface area contributed by atoms with Crippen molar-refractivity contribution in [2.45, 2.75) is 6.92 Å². The van der Waals surface area contributed by atoms with Gasteiger partial charge in [0.05, 0.1) is 18.0 Å². The quantitative estimate of drug-likeness (QED) is 0.484. The Hall–Kier alpha value is -3.29. The predicted octanol–water partition coefficient (Wildman–Crippen LogP) is 1.20. The van der Waals surface area contributed by atoms with Gasteiger partial charge >= 0.3 is 0 Å². The van der Waals surface area contributed by atoms with Crippen molar-refractivity contribution in [3.05, 3.63) is 47.9 Å². The van der Waals surface area contributed by atoms with E-state index in [0.717, 1.165) is 10.3 Å². The molecule has 8 nitrogen and oxygen atoms in total. The van der Waals surface area contributed by atoms with E-state index in [2.05, 4.69) is 20.4 Å². The smallest absolute Gasteiger partial charge is 0.269 e. The van der Waals surface area contributed by atoms with E-state index >= 15 is 0 Å². The molecule has 0 saturated carbocycles. The highest BCUT2D eigenvalue weighted by Gasteiger charge is 2.26. The first kappa shape index (κ1) is 13.7. The predicted molar refractivity (Wildman–Crippen MR) is 81.6 cm³/mol. The van der Waals surface area contributed by atoms with Gasteiger partial charge in [0.15, 0.2) is 5.82 Å². The van der Waals surface area contributed by atoms with E-state index in [4.69, 9.17) is 11.1 Å². The molecular formula is C14H13N7O. The minimum absolute atomic E-state index is 0.219. The molecule has 2 heterocycles. The summed E-state index contributed by atoms with van der Waals surface area (Å²) in [5.41, 5.74) is 6.52. The lowest BCUT2D eigenvalue weighted by Gasteiger charge is -2.20. The Morgan fingerprint density at radius 3 is 2.77 bits per heavy atom. The number of carbonyl (C=O) groups excluding carboxylic acids is 1. The molecule has 0 bridgehead atoms. The zero-order valence-electron chi connectivity index (χ0n) is 11.7. The Balaban J connectivity index is 2.18. The molecule has 0 atom stereocenters. The lowest BCUT2D eigenvalue weighted by molar-refractivity contribution is 0.100. The van der Waals surface area contributed by atoms with E-state index in [1.807, 2.05) is 18.2 Å². The Kier molecular flexibility index (Phi) is 3.26. The number of nitrogens with one attached hydrogen (secondary N) is 2. The maximum atomic E-state index is 12.7. The molecule has 0 spiro atoms. The second kappa shape index (κ2) is 5.24. The van der Waals surface area contributed by atoms with Crippen LogP contribution in [0.3, 0.4) is 0 Å². The summed E-state index contributed by atoms with van der Waals surface area (Å²) in [6.07, 6.45) is 2.98. The van der Waals surface area contributed by atoms with Gasteiger partial charge < -0.3 is 5.73 Å². The molecule has 0 aliphatic carbocycles. The normalized spacial score (nSPS) is 10.6. The molecule has 22 heavy (non-hydrogen) atoms. The minimum atomic E-state index is -0.482. The van der Waals surface area contributed by atoms with Gasteiger partial charge in [-0.05, 0) is 6.92 Å². The van der Waals surface area contributed by atoms with Crippen LogP contribution in [0.25, 0.3) is 10.8 Å². The number of nitrogens with zero attached hydrogens (tertiary/aromatic N) is 4. The maximum absolute atomic E-state index is 12.7. The highest BCUT2D eigenvalue weighted by Crippen LogP contribution is 2.24. The third-order valence-electron chi connectivity index (χ3n) is 3.27. The van der Waals surface area contributed by atoms with Gasteiger partial charge in [-0.2, -0.15) is 10.2 Å². The summed E-state index contributed by atoms with van der Waals surface area (Å²) in [5.74, 6) is -0.697. The first-order valence-corrected chi connectivity index (χ1v) is 6.48. The number of fused-ring (bicyclic) bond motifs is 1. The largest absolute Gasteiger partial charge is 0.369 e. The van der Waals surface area contributed by atoms with Crippen LogP contribution in [0.1, 0.15) is 16.1 Å². The summed E-state index contributed by atoms with van der Waals surface area (Å²) in [6, 6.07) is 7.32. The number of benzene rings is 1. The average Bonchev–Trinajstić information content (AvgIpc) is 2.93. The summed E-state index contributed by atoms with van der Waals surface area (Å²) in [4.78, 5) is 13.7. The van der Waals surface area contributed by atoms with Gasteiger partial charge in [0.1, 0.15) is 0 Å². The zero-order valence-corrected chi connectivity index (χ0v) is 11.7. The molecule has 3 aromatic rings. The van der Waals surface area contributed by atoms with Crippen molar-refractivity contribution in [2.24, 2.45) is 5.73 Å². The molecular weight excluding hydrogens is 282 g/mol. The Morgan fingerprint density at radius 2 is 2.09 bits per heavy atom. The van der Waals surface area contributed by atoms with Gasteiger partial charge in [-0.15, -0.1) is 5.10 Å². The van der Waals surface area contributed by atoms with Gasteiger partial charge in [-0.3, -0.25) is 15.3 Å². The van der Waals surface area contributed by atoms with Crippen molar-refractivity contribution in [1.29, 1.82) is 5.41 Å². The number of amides is 1. The first-order chi connectivity index (χ1) is 10.6. The number of H-pyrrole nitrogens is 1. The lowest BCUT2D eigenvalue weighted by Crippen LogP contribution is -2.42. The van der Waals surface area contributed by atoms with Gasteiger partial charge in [-0.25, -0.2) is 4.90 Å². The molecule has 8 heteroatoms. The summed E-state index contributed by atoms with van der Waals surface area (Å²) >= 11 is 0. The van der Waals surface area contributed by atoms with Crippen LogP contribution in [-0.4, -0.2) is 32.3 Å². The second-order valence-electron chi connectivity index (χ2n) is 4.69. The molecule has 0 radical (unpaired) electrons. The van der Waals surface area contributed by atoms with Crippen LogP contribution in [0.5, 0.6) is 0 Å². The van der Waals surface area contributed by atoms with Gasteiger partial charge in [-0.1, -0.05) is 24.3 Å². The fourth-order valence-electron chi connectivity index (χ4n) is 2.18. The van der Waals surface area contributed by atoms with E-state index in [1.165, 1.54) is 6.20 Å². The Labute approximate surface area is 125 Å². The van der Waals surface area contributed by atoms with Crippen LogP contribution in [0.15, 0.2) is 36.7 Å². The fourth-order valence-corrected chi connectivity index (χ4v) is 2.18. The second-order valence-corrected chi connectivity index (χ2v) is 4.69. The average molecular weight is 295 g/mol. The SMILES string of the molecule is Cc1[nH]ncc1C(=O)N(C(=N)N)c1nncc2ccccc12. The number of aromatic amines is 1. The van der Waals surface area contributed by atoms with Crippen molar-refractivity contribution >= 4 is 28.5 Å². The number of hydrogen-bond acceptors (Lipinski definition) is 5. The number of hydrogen-bond donors (Lipinski definition) is 3. The maximum Gasteiger partial charge on any atom is 0.269 e. The molecule has 0 saturated heterocycles. The van der Waals surface area contributed by atoms with E-state index in [-0.39, 0.29) is 5.82 Å². The summed E-state index contributed by atoms with van der Waals surface area (Å²) in [5, 5.41) is 23.6. The highest BCUT2D eigenvalue weighted by molar-refractivity contribution is 6.23. The van der Waals surface area contributed by atoms with Gasteiger partial charge in [0, 0.05) is 16.5 Å². The summed E-state index contributed by atoms with van der Waals surface area (Å²) in [6.45, 7) is 1.72. The van der Waals surface area contributed by atoms with Crippen molar-refractivity contribution in [3.8, 4) is 0 Å². The molecule has 3 rings (SSSR count). The molecule has 2 aromatic heterocycles. The Bertz CT molecular complexity index is 865. The van der Waals surface area contributed by atoms with Crippen molar-refractivity contribution in [3.63, 3.8) is 0 Å². The van der Waals surface area contributed by atoms with Crippen LogP contribution in [-0.2, 0) is 0 Å². The number of aryl methyl sites for hydroxylation is 1. The van der Waals surface area contributed by atoms with E-state index in [1.54, 1.807) is 19.2 Å². The number of rotatable bonds is 2. The van der Waals surface area contributed by atoms with Gasteiger partial charge in [0.2, 0.25) is 5.96 Å². The standard InChI is InChI=1S/C14H13N7O/c1-8-11(7-18-19-8)13(22)21(14(15)16)12-10-5-3-2-4-9(10)6-17-20-12/h2-7H,1H3,(H3,15,16)(H,18,19). The Morgan fingerprint density at radius 1 is 1.32 bits per heavy atom. The topological polar surface area (TPSA) is 125 Å². The minimum Gasteiger partial charge on any atom is -0.369 e. The van der Waals surface area contributed by atoms with E-state index in [0.29, 0.717) is 16.6 Å². The molecule has 4 N–H and O–H groups in total. The van der Waals surface area contributed by atoms with Crippen LogP contribution in [0.4, 0.5) is 5.82 Å². The third kappa shape index (κ3) is 2.16. The molecule has 1 amide bonds. The number of aromatic nitrogens is 4. The van der Waals surface area contributed by atoms with E-state index < -0.39 is 11.9 Å². The third-order valence-corrected chi connectivity index (χ3v) is 3.27. The van der Waals surface area contributed by atoms with Crippen LogP contribution in [0.2, 0.25) is 0 Å². The number of carbonyl (C=O) groups is 1. The van der Waals surface area contributed by atoms with E-state index in [9.17, 15) is 4.79 Å². The number of anilines is 1. The summed E-state index contributed by atoms with van der Waals surface area (Å²) in [7, 11) is 0. The number of guanidine groups is 1. The lowest BCUT2D eigenvalue weighted by atomic mass is 10.1. The van der Waals surface area contributed by atoms with Crippen molar-refractivity contribution < 1.29 is 4.79 Å². The molecule has 0 aliphatic rings. The summed E-state index contributed by atoms with van der Waals surface area (Å²) < 4.78 is 0. The molecule has 0 aliphatic heterocycles. The van der Waals surface area contributed by atoms with Gasteiger partial charge in [0.25, 0.3) is 5.91 Å². The van der Waals surface area contributed by atoms with Crippen molar-refractivity contribution in [2.75, 3.05) is 4.90 Å². The molecule has 1 aromatic carbocycles. The monoisotopic (exact) mass is 295 g/mol. The van der Waals surface area contributed by atoms with Crippen molar-refractivity contribution in [1.82, 2.24) is 20.4 Å². The zero-order chi connectivity index (χ0) is 15.7.